The first-order valence-electron chi connectivity index (χ1n) is 8.47. The molecule has 2 aromatic carbocycles. The standard InChI is InChI=1S/C20H23BrN2O.ClH/c1-14-13-17(11-12-22-14)20(24)23-19(15-5-3-2-4-6-15)16-7-9-18(21)10-8-16;/h2-10,14,17,19,22H,11-13H2,1H3,(H,23,24);1H/t14-,17-,19?;/m0./s1. The summed E-state index contributed by atoms with van der Waals surface area (Å²) < 4.78 is 1.04. The van der Waals surface area contributed by atoms with E-state index in [0.717, 1.165) is 35.0 Å². The van der Waals surface area contributed by atoms with Gasteiger partial charge in [0.05, 0.1) is 6.04 Å². The second kappa shape index (κ2) is 9.37. The van der Waals surface area contributed by atoms with Crippen LogP contribution in [0.3, 0.4) is 0 Å². The topological polar surface area (TPSA) is 41.1 Å². The zero-order valence-corrected chi connectivity index (χ0v) is 16.6. The predicted molar refractivity (Wildman–Crippen MR) is 108 cm³/mol. The van der Waals surface area contributed by atoms with Crippen LogP contribution in [0.2, 0.25) is 0 Å². The van der Waals surface area contributed by atoms with Crippen molar-refractivity contribution in [1.82, 2.24) is 10.6 Å². The van der Waals surface area contributed by atoms with Gasteiger partial charge in [0, 0.05) is 16.4 Å². The average molecular weight is 424 g/mol. The number of hydrogen-bond acceptors (Lipinski definition) is 2. The summed E-state index contributed by atoms with van der Waals surface area (Å²) in [5, 5.41) is 6.68. The molecule has 2 aromatic rings. The smallest absolute Gasteiger partial charge is 0.223 e. The average Bonchev–Trinajstić information content (AvgIpc) is 2.61. The summed E-state index contributed by atoms with van der Waals surface area (Å²) in [6.07, 6.45) is 1.80. The Balaban J connectivity index is 0.00000225. The van der Waals surface area contributed by atoms with Gasteiger partial charge in [-0.15, -0.1) is 12.4 Å². The lowest BCUT2D eigenvalue weighted by Crippen LogP contribution is -2.43. The van der Waals surface area contributed by atoms with E-state index in [4.69, 9.17) is 0 Å². The molecule has 3 atom stereocenters. The summed E-state index contributed by atoms with van der Waals surface area (Å²) in [5.74, 6) is 0.239. The van der Waals surface area contributed by atoms with E-state index in [-0.39, 0.29) is 30.3 Å². The van der Waals surface area contributed by atoms with E-state index in [1.54, 1.807) is 0 Å². The van der Waals surface area contributed by atoms with Crippen LogP contribution in [0.25, 0.3) is 0 Å². The van der Waals surface area contributed by atoms with Crippen LogP contribution in [0.5, 0.6) is 0 Å². The van der Waals surface area contributed by atoms with E-state index in [1.165, 1.54) is 0 Å². The Morgan fingerprint density at radius 2 is 1.76 bits per heavy atom. The molecule has 1 saturated heterocycles. The first-order chi connectivity index (χ1) is 11.6. The Hall–Kier alpha value is -1.36. The lowest BCUT2D eigenvalue weighted by molar-refractivity contribution is -0.126. The van der Waals surface area contributed by atoms with Crippen LogP contribution in [0.4, 0.5) is 0 Å². The highest BCUT2D eigenvalue weighted by molar-refractivity contribution is 9.10. The van der Waals surface area contributed by atoms with E-state index in [9.17, 15) is 4.79 Å². The highest BCUT2D eigenvalue weighted by Crippen LogP contribution is 2.25. The first kappa shape index (κ1) is 20.0. The maximum atomic E-state index is 12.8. The molecule has 25 heavy (non-hydrogen) atoms. The Kier molecular flexibility index (Phi) is 7.48. The fourth-order valence-corrected chi connectivity index (χ4v) is 3.55. The third-order valence-corrected chi connectivity index (χ3v) is 5.15. The number of rotatable bonds is 4. The molecule has 0 aromatic heterocycles. The van der Waals surface area contributed by atoms with Crippen molar-refractivity contribution in [2.75, 3.05) is 6.54 Å². The fourth-order valence-electron chi connectivity index (χ4n) is 3.29. The molecule has 2 N–H and O–H groups in total. The van der Waals surface area contributed by atoms with Gasteiger partial charge in [0.1, 0.15) is 0 Å². The van der Waals surface area contributed by atoms with Gasteiger partial charge in [0.25, 0.3) is 0 Å². The Labute approximate surface area is 164 Å². The lowest BCUT2D eigenvalue weighted by Gasteiger charge is -2.29. The van der Waals surface area contributed by atoms with Crippen molar-refractivity contribution in [2.45, 2.75) is 31.8 Å². The molecule has 0 spiro atoms. The molecule has 3 rings (SSSR count). The molecular weight excluding hydrogens is 400 g/mol. The molecule has 5 heteroatoms. The number of carbonyl (C=O) groups is 1. The first-order valence-corrected chi connectivity index (χ1v) is 9.27. The maximum absolute atomic E-state index is 12.8. The molecule has 1 heterocycles. The molecule has 1 fully saturated rings. The zero-order valence-electron chi connectivity index (χ0n) is 14.2. The van der Waals surface area contributed by atoms with Gasteiger partial charge in [0.15, 0.2) is 0 Å². The Morgan fingerprint density at radius 1 is 1.12 bits per heavy atom. The summed E-state index contributed by atoms with van der Waals surface area (Å²) in [4.78, 5) is 12.8. The van der Waals surface area contributed by atoms with Gasteiger partial charge in [-0.25, -0.2) is 0 Å². The predicted octanol–water partition coefficient (Wildman–Crippen LogP) is 4.46. The van der Waals surface area contributed by atoms with Gasteiger partial charge in [-0.05, 0) is 49.6 Å². The van der Waals surface area contributed by atoms with Crippen molar-refractivity contribution in [1.29, 1.82) is 0 Å². The summed E-state index contributed by atoms with van der Waals surface area (Å²) in [6, 6.07) is 18.6. The molecule has 0 aliphatic carbocycles. The fraction of sp³-hybridized carbons (Fsp3) is 0.350. The Bertz CT molecular complexity index is 678. The second-order valence-corrected chi connectivity index (χ2v) is 7.40. The summed E-state index contributed by atoms with van der Waals surface area (Å²) in [7, 11) is 0. The zero-order chi connectivity index (χ0) is 16.9. The van der Waals surface area contributed by atoms with Crippen LogP contribution < -0.4 is 10.6 Å². The monoisotopic (exact) mass is 422 g/mol. The van der Waals surface area contributed by atoms with Crippen molar-refractivity contribution >= 4 is 34.2 Å². The Morgan fingerprint density at radius 3 is 2.40 bits per heavy atom. The molecule has 0 saturated carbocycles. The van der Waals surface area contributed by atoms with E-state index in [1.807, 2.05) is 30.3 Å². The molecule has 0 bridgehead atoms. The van der Waals surface area contributed by atoms with Gasteiger partial charge >= 0.3 is 0 Å². The van der Waals surface area contributed by atoms with E-state index in [2.05, 4.69) is 57.8 Å². The van der Waals surface area contributed by atoms with Crippen LogP contribution in [-0.2, 0) is 4.79 Å². The lowest BCUT2D eigenvalue weighted by atomic mass is 9.91. The van der Waals surface area contributed by atoms with Crippen LogP contribution in [0.1, 0.15) is 36.9 Å². The molecule has 1 aliphatic heterocycles. The molecule has 1 amide bonds. The quantitative estimate of drug-likeness (QED) is 0.762. The number of benzene rings is 2. The van der Waals surface area contributed by atoms with E-state index < -0.39 is 0 Å². The molecular formula is C20H24BrClN2O. The van der Waals surface area contributed by atoms with E-state index in [0.29, 0.717) is 6.04 Å². The van der Waals surface area contributed by atoms with Crippen LogP contribution in [-0.4, -0.2) is 18.5 Å². The highest BCUT2D eigenvalue weighted by atomic mass is 79.9. The minimum absolute atomic E-state index is 0. The number of hydrogen-bond donors (Lipinski definition) is 2. The van der Waals surface area contributed by atoms with Crippen molar-refractivity contribution in [3.05, 3.63) is 70.2 Å². The second-order valence-electron chi connectivity index (χ2n) is 6.48. The van der Waals surface area contributed by atoms with Gasteiger partial charge in [0.2, 0.25) is 5.91 Å². The SMILES string of the molecule is C[C@H]1C[C@@H](C(=O)NC(c2ccccc2)c2ccc(Br)cc2)CCN1.Cl. The third-order valence-electron chi connectivity index (χ3n) is 4.62. The summed E-state index contributed by atoms with van der Waals surface area (Å²) >= 11 is 3.48. The van der Waals surface area contributed by atoms with Crippen LogP contribution in [0.15, 0.2) is 59.1 Å². The van der Waals surface area contributed by atoms with Crippen molar-refractivity contribution in [2.24, 2.45) is 5.92 Å². The van der Waals surface area contributed by atoms with Gasteiger partial charge in [-0.2, -0.15) is 0 Å². The van der Waals surface area contributed by atoms with Gasteiger partial charge < -0.3 is 10.6 Å². The highest BCUT2D eigenvalue weighted by Gasteiger charge is 2.27. The summed E-state index contributed by atoms with van der Waals surface area (Å²) in [6.45, 7) is 3.05. The minimum Gasteiger partial charge on any atom is -0.345 e. The third kappa shape index (κ3) is 5.30. The van der Waals surface area contributed by atoms with E-state index >= 15 is 0 Å². The van der Waals surface area contributed by atoms with Crippen LogP contribution >= 0.6 is 28.3 Å². The number of piperidine rings is 1. The number of amides is 1. The molecule has 1 unspecified atom stereocenters. The minimum atomic E-state index is -0.114. The maximum Gasteiger partial charge on any atom is 0.223 e. The largest absolute Gasteiger partial charge is 0.345 e. The summed E-state index contributed by atoms with van der Waals surface area (Å²) in [5.41, 5.74) is 2.20. The normalized spacial score (nSPS) is 21.0. The van der Waals surface area contributed by atoms with Gasteiger partial charge in [-0.1, -0.05) is 58.4 Å². The molecule has 0 radical (unpaired) electrons. The number of nitrogens with one attached hydrogen (secondary N) is 2. The van der Waals surface area contributed by atoms with Gasteiger partial charge in [-0.3, -0.25) is 4.79 Å². The van der Waals surface area contributed by atoms with Crippen molar-refractivity contribution in [3.8, 4) is 0 Å². The molecule has 3 nitrogen and oxygen atoms in total. The number of carbonyl (C=O) groups excluding carboxylic acids is 1. The molecule has 134 valence electrons. The molecule has 1 aliphatic rings. The van der Waals surface area contributed by atoms with Crippen molar-refractivity contribution < 1.29 is 4.79 Å². The number of halogens is 2. The van der Waals surface area contributed by atoms with Crippen LogP contribution in [0, 0.1) is 5.92 Å². The van der Waals surface area contributed by atoms with Crippen molar-refractivity contribution in [3.63, 3.8) is 0 Å².